The third-order valence-electron chi connectivity index (χ3n) is 3.05. The first kappa shape index (κ1) is 14.9. The van der Waals surface area contributed by atoms with Crippen molar-refractivity contribution >= 4 is 17.4 Å². The lowest BCUT2D eigenvalue weighted by Crippen LogP contribution is -2.06. The van der Waals surface area contributed by atoms with E-state index >= 15 is 0 Å². The Kier molecular flexibility index (Phi) is 4.06. The molecule has 116 valence electrons. The summed E-state index contributed by atoms with van der Waals surface area (Å²) in [6.07, 6.45) is 2.82. The lowest BCUT2D eigenvalue weighted by atomic mass is 10.3. The van der Waals surface area contributed by atoms with Crippen molar-refractivity contribution in [2.45, 2.75) is 24.3 Å². The van der Waals surface area contributed by atoms with Crippen LogP contribution in [-0.2, 0) is 12.7 Å². The van der Waals surface area contributed by atoms with E-state index in [2.05, 4.69) is 15.2 Å². The van der Waals surface area contributed by atoms with Crippen molar-refractivity contribution in [3.8, 4) is 0 Å². The molecule has 0 atom stereocenters. The molecule has 0 amide bonds. The Morgan fingerprint density at radius 1 is 1.18 bits per heavy atom. The van der Waals surface area contributed by atoms with Gasteiger partial charge >= 0.3 is 6.18 Å². The van der Waals surface area contributed by atoms with Gasteiger partial charge in [0.2, 0.25) is 0 Å². The van der Waals surface area contributed by atoms with Crippen molar-refractivity contribution in [2.24, 2.45) is 0 Å². The molecule has 0 radical (unpaired) electrons. The normalized spacial score (nSPS) is 12.1. The monoisotopic (exact) mass is 327 g/mol. The summed E-state index contributed by atoms with van der Waals surface area (Å²) in [5.74, 6) is 0.731. The molecule has 3 aromatic rings. The molecular formula is C13H12F3N5S. The second-order valence-corrected chi connectivity index (χ2v) is 5.69. The van der Waals surface area contributed by atoms with Crippen molar-refractivity contribution in [1.29, 1.82) is 0 Å². The summed E-state index contributed by atoms with van der Waals surface area (Å²) >= 11 is 1.39. The molecule has 0 aliphatic rings. The molecule has 3 rings (SSSR count). The van der Waals surface area contributed by atoms with Crippen LogP contribution in [0.2, 0.25) is 0 Å². The van der Waals surface area contributed by atoms with Gasteiger partial charge in [-0.05, 0) is 18.6 Å². The first-order valence-corrected chi connectivity index (χ1v) is 7.53. The zero-order valence-electron chi connectivity index (χ0n) is 11.4. The molecule has 9 heteroatoms. The van der Waals surface area contributed by atoms with Gasteiger partial charge in [-0.15, -0.1) is 10.2 Å². The van der Waals surface area contributed by atoms with Crippen LogP contribution in [0.15, 0.2) is 42.2 Å². The molecule has 22 heavy (non-hydrogen) atoms. The number of aromatic nitrogens is 5. The highest BCUT2D eigenvalue weighted by atomic mass is 32.2. The lowest BCUT2D eigenvalue weighted by Gasteiger charge is -2.07. The summed E-state index contributed by atoms with van der Waals surface area (Å²) in [6.45, 7) is 0.803. The maximum Gasteiger partial charge on any atom is 0.417 e. The van der Waals surface area contributed by atoms with Gasteiger partial charge in [0.05, 0.1) is 11.9 Å². The van der Waals surface area contributed by atoms with Crippen molar-refractivity contribution in [1.82, 2.24) is 24.1 Å². The molecule has 3 heterocycles. The molecule has 0 aliphatic carbocycles. The Labute approximate surface area is 128 Å². The van der Waals surface area contributed by atoms with Gasteiger partial charge in [-0.25, -0.2) is 4.98 Å². The smallest absolute Gasteiger partial charge is 0.337 e. The van der Waals surface area contributed by atoms with Crippen LogP contribution in [-0.4, -0.2) is 29.9 Å². The third kappa shape index (κ3) is 3.24. The first-order valence-electron chi connectivity index (χ1n) is 6.54. The maximum atomic E-state index is 12.7. The molecule has 0 unspecified atom stereocenters. The van der Waals surface area contributed by atoms with E-state index < -0.39 is 11.7 Å². The Hall–Kier alpha value is -2.03. The Balaban J connectivity index is 1.68. The average Bonchev–Trinajstić information content (AvgIpc) is 3.12. The second-order valence-electron chi connectivity index (χ2n) is 4.63. The van der Waals surface area contributed by atoms with E-state index in [-0.39, 0.29) is 0 Å². The summed E-state index contributed by atoms with van der Waals surface area (Å²) in [5, 5.41) is 8.29. The molecule has 0 saturated heterocycles. The van der Waals surface area contributed by atoms with E-state index in [1.807, 2.05) is 10.8 Å². The van der Waals surface area contributed by atoms with E-state index in [4.69, 9.17) is 0 Å². The molecule has 0 aromatic carbocycles. The van der Waals surface area contributed by atoms with Crippen LogP contribution < -0.4 is 0 Å². The fourth-order valence-corrected chi connectivity index (χ4v) is 2.81. The molecule has 5 nitrogen and oxygen atoms in total. The molecular weight excluding hydrogens is 315 g/mol. The van der Waals surface area contributed by atoms with Crippen molar-refractivity contribution in [3.63, 3.8) is 0 Å². The highest BCUT2D eigenvalue weighted by Crippen LogP contribution is 2.30. The van der Waals surface area contributed by atoms with Gasteiger partial charge in [0, 0.05) is 30.9 Å². The Bertz CT molecular complexity index is 751. The largest absolute Gasteiger partial charge is 0.417 e. The summed E-state index contributed by atoms with van der Waals surface area (Å²) in [6, 6.07) is 2.34. The lowest BCUT2D eigenvalue weighted by molar-refractivity contribution is -0.137. The van der Waals surface area contributed by atoms with Gasteiger partial charge in [0.15, 0.2) is 10.8 Å². The summed E-state index contributed by atoms with van der Waals surface area (Å²) in [7, 11) is 0. The number of aryl methyl sites for hydroxylation is 1. The fraction of sp³-hybridized carbons (Fsp3) is 0.308. The van der Waals surface area contributed by atoms with E-state index in [0.29, 0.717) is 10.8 Å². The number of pyridine rings is 1. The van der Waals surface area contributed by atoms with Crippen molar-refractivity contribution in [2.75, 3.05) is 5.75 Å². The number of fused-ring (bicyclic) bond motifs is 1. The SMILES string of the molecule is FC(F)(F)c1ccc2nnc(SCCCn3ccnc3)n2c1. The molecule has 0 spiro atoms. The highest BCUT2D eigenvalue weighted by Gasteiger charge is 2.31. The Morgan fingerprint density at radius 3 is 2.77 bits per heavy atom. The van der Waals surface area contributed by atoms with E-state index in [0.717, 1.165) is 31.0 Å². The first-order chi connectivity index (χ1) is 10.5. The summed E-state index contributed by atoms with van der Waals surface area (Å²) in [5.41, 5.74) is -0.301. The number of halogens is 3. The van der Waals surface area contributed by atoms with Crippen LogP contribution in [0.3, 0.4) is 0 Å². The number of hydrogen-bond donors (Lipinski definition) is 0. The second kappa shape index (κ2) is 5.99. The standard InChI is InChI=1S/C13H12F3N5S/c14-13(15,16)10-2-3-11-18-19-12(21(11)8-10)22-7-1-5-20-6-4-17-9-20/h2-4,6,8-9H,1,5,7H2. The van der Waals surface area contributed by atoms with Gasteiger partial charge in [0.1, 0.15) is 0 Å². The molecule has 3 aromatic heterocycles. The van der Waals surface area contributed by atoms with Crippen LogP contribution in [0.5, 0.6) is 0 Å². The van der Waals surface area contributed by atoms with E-state index in [1.165, 1.54) is 22.2 Å². The zero-order chi connectivity index (χ0) is 15.6. The highest BCUT2D eigenvalue weighted by molar-refractivity contribution is 7.99. The molecule has 0 fully saturated rings. The van der Waals surface area contributed by atoms with Gasteiger partial charge in [-0.1, -0.05) is 11.8 Å². The Morgan fingerprint density at radius 2 is 2.05 bits per heavy atom. The van der Waals surface area contributed by atoms with Gasteiger partial charge in [0.25, 0.3) is 0 Å². The van der Waals surface area contributed by atoms with Gasteiger partial charge < -0.3 is 4.57 Å². The summed E-state index contributed by atoms with van der Waals surface area (Å²) in [4.78, 5) is 3.95. The zero-order valence-corrected chi connectivity index (χ0v) is 12.2. The minimum Gasteiger partial charge on any atom is -0.337 e. The van der Waals surface area contributed by atoms with Crippen molar-refractivity contribution < 1.29 is 13.2 Å². The average molecular weight is 327 g/mol. The number of hydrogen-bond acceptors (Lipinski definition) is 4. The quantitative estimate of drug-likeness (QED) is 0.534. The predicted octanol–water partition coefficient (Wildman–Crippen LogP) is 3.13. The minimum absolute atomic E-state index is 0.408. The number of thioether (sulfide) groups is 1. The van der Waals surface area contributed by atoms with Crippen LogP contribution in [0.1, 0.15) is 12.0 Å². The van der Waals surface area contributed by atoms with Gasteiger partial charge in [-0.2, -0.15) is 13.2 Å². The molecule has 0 bridgehead atoms. The van der Waals surface area contributed by atoms with Crippen LogP contribution in [0.25, 0.3) is 5.65 Å². The van der Waals surface area contributed by atoms with Crippen LogP contribution in [0, 0.1) is 0 Å². The van der Waals surface area contributed by atoms with Gasteiger partial charge in [-0.3, -0.25) is 4.40 Å². The number of rotatable bonds is 5. The molecule has 0 N–H and O–H groups in total. The number of imidazole rings is 1. The fourth-order valence-electron chi connectivity index (χ4n) is 1.97. The minimum atomic E-state index is -4.37. The van der Waals surface area contributed by atoms with Crippen molar-refractivity contribution in [3.05, 3.63) is 42.6 Å². The van der Waals surface area contributed by atoms with Crippen LogP contribution in [0.4, 0.5) is 13.2 Å². The van der Waals surface area contributed by atoms with E-state index in [1.54, 1.807) is 12.5 Å². The molecule has 0 aliphatic heterocycles. The summed E-state index contributed by atoms with van der Waals surface area (Å²) < 4.78 is 41.6. The topological polar surface area (TPSA) is 48.0 Å². The van der Waals surface area contributed by atoms with Crippen LogP contribution >= 0.6 is 11.8 Å². The maximum absolute atomic E-state index is 12.7. The predicted molar refractivity (Wildman–Crippen MR) is 75.6 cm³/mol. The van der Waals surface area contributed by atoms with E-state index in [9.17, 15) is 13.2 Å². The number of nitrogens with zero attached hydrogens (tertiary/aromatic N) is 5. The molecule has 0 saturated carbocycles. The number of alkyl halides is 3. The third-order valence-corrected chi connectivity index (χ3v) is 4.08.